The minimum absolute atomic E-state index is 0.233. The van der Waals surface area contributed by atoms with Crippen LogP contribution in [0.4, 0.5) is 5.69 Å². The number of carbonyl (C=O) groups is 3. The van der Waals surface area contributed by atoms with E-state index in [0.717, 1.165) is 5.56 Å². The molecule has 0 saturated carbocycles. The number of aryl methyl sites for hydroxylation is 1. The van der Waals surface area contributed by atoms with Gasteiger partial charge >= 0.3 is 5.97 Å². The van der Waals surface area contributed by atoms with Gasteiger partial charge in [0.25, 0.3) is 5.91 Å². The molecule has 0 aliphatic rings. The van der Waals surface area contributed by atoms with E-state index in [1.54, 1.807) is 23.5 Å². The van der Waals surface area contributed by atoms with Crippen LogP contribution in [-0.4, -0.2) is 24.4 Å². The number of nitrogens with two attached hydrogens (primary N) is 1. The molecule has 1 aromatic heterocycles. The summed E-state index contributed by atoms with van der Waals surface area (Å²) in [6.07, 6.45) is 0.829. The maximum absolute atomic E-state index is 11.7. The molecule has 0 aliphatic carbocycles. The van der Waals surface area contributed by atoms with Crippen LogP contribution in [0.15, 0.2) is 41.1 Å². The smallest absolute Gasteiger partial charge is 0.306 e. The number of amides is 2. The quantitative estimate of drug-likeness (QED) is 0.757. The third-order valence-corrected chi connectivity index (χ3v) is 3.75. The molecular weight excluding hydrogens is 316 g/mol. The van der Waals surface area contributed by atoms with E-state index in [4.69, 9.17) is 10.5 Å². The van der Waals surface area contributed by atoms with Gasteiger partial charge in [-0.25, -0.2) is 0 Å². The first kappa shape index (κ1) is 16.7. The number of thiophene rings is 1. The summed E-state index contributed by atoms with van der Waals surface area (Å²) >= 11 is 1.57. The number of carbonyl (C=O) groups excluding carboxylic acids is 3. The first-order valence-electron chi connectivity index (χ1n) is 6.91. The minimum Gasteiger partial charge on any atom is -0.456 e. The van der Waals surface area contributed by atoms with Gasteiger partial charge in [0.05, 0.1) is 0 Å². The van der Waals surface area contributed by atoms with Crippen molar-refractivity contribution in [3.63, 3.8) is 0 Å². The monoisotopic (exact) mass is 332 g/mol. The van der Waals surface area contributed by atoms with Gasteiger partial charge in [-0.1, -0.05) is 0 Å². The number of anilines is 1. The summed E-state index contributed by atoms with van der Waals surface area (Å²) in [5.41, 5.74) is 7.05. The van der Waals surface area contributed by atoms with E-state index < -0.39 is 17.8 Å². The number of hydrogen-bond donors (Lipinski definition) is 2. The normalized spacial score (nSPS) is 10.1. The van der Waals surface area contributed by atoms with E-state index in [2.05, 4.69) is 5.32 Å². The molecule has 0 saturated heterocycles. The van der Waals surface area contributed by atoms with E-state index in [0.29, 0.717) is 17.7 Å². The first-order chi connectivity index (χ1) is 11.0. The molecule has 6 nitrogen and oxygen atoms in total. The lowest BCUT2D eigenvalue weighted by molar-refractivity contribution is -0.147. The van der Waals surface area contributed by atoms with Crippen LogP contribution in [0.25, 0.3) is 0 Å². The second-order valence-electron chi connectivity index (χ2n) is 4.78. The summed E-state index contributed by atoms with van der Waals surface area (Å²) in [7, 11) is 0. The molecule has 2 aromatic rings. The average Bonchev–Trinajstić information content (AvgIpc) is 3.05. The molecule has 1 aromatic carbocycles. The summed E-state index contributed by atoms with van der Waals surface area (Å²) < 4.78 is 4.91. The molecule has 0 bridgehead atoms. The summed E-state index contributed by atoms with van der Waals surface area (Å²) in [5.74, 6) is -1.40. The van der Waals surface area contributed by atoms with E-state index in [1.807, 2.05) is 16.8 Å². The Morgan fingerprint density at radius 3 is 2.48 bits per heavy atom. The van der Waals surface area contributed by atoms with Crippen LogP contribution < -0.4 is 11.1 Å². The lowest BCUT2D eigenvalue weighted by atomic mass is 10.2. The lowest BCUT2D eigenvalue weighted by Crippen LogP contribution is -2.21. The van der Waals surface area contributed by atoms with Crippen LogP contribution in [0.1, 0.15) is 22.3 Å². The molecule has 0 radical (unpaired) electrons. The van der Waals surface area contributed by atoms with Crippen LogP contribution in [0.3, 0.4) is 0 Å². The number of benzene rings is 1. The molecule has 2 rings (SSSR count). The van der Waals surface area contributed by atoms with Crippen molar-refractivity contribution in [2.24, 2.45) is 5.73 Å². The van der Waals surface area contributed by atoms with Crippen LogP contribution in [-0.2, 0) is 20.7 Å². The van der Waals surface area contributed by atoms with E-state index in [9.17, 15) is 14.4 Å². The molecule has 0 aliphatic heterocycles. The Kier molecular flexibility index (Phi) is 5.87. The second-order valence-corrected chi connectivity index (χ2v) is 5.56. The van der Waals surface area contributed by atoms with Crippen LogP contribution in [0.5, 0.6) is 0 Å². The van der Waals surface area contributed by atoms with Crippen molar-refractivity contribution in [3.05, 3.63) is 52.2 Å². The van der Waals surface area contributed by atoms with Crippen molar-refractivity contribution in [2.75, 3.05) is 11.9 Å². The Hall–Kier alpha value is -2.67. The molecule has 0 fully saturated rings. The molecule has 3 N–H and O–H groups in total. The summed E-state index contributed by atoms with van der Waals surface area (Å²) in [4.78, 5) is 34.2. The highest BCUT2D eigenvalue weighted by Crippen LogP contribution is 2.10. The highest BCUT2D eigenvalue weighted by Gasteiger charge is 2.09. The van der Waals surface area contributed by atoms with Gasteiger partial charge in [-0.3, -0.25) is 14.4 Å². The molecule has 0 spiro atoms. The predicted octanol–water partition coefficient (Wildman–Crippen LogP) is 1.96. The molecule has 0 unspecified atom stereocenters. The predicted molar refractivity (Wildman–Crippen MR) is 87.2 cm³/mol. The van der Waals surface area contributed by atoms with Crippen LogP contribution >= 0.6 is 11.3 Å². The number of primary amides is 1. The highest BCUT2D eigenvalue weighted by atomic mass is 32.1. The van der Waals surface area contributed by atoms with Gasteiger partial charge in [0.15, 0.2) is 6.61 Å². The Bertz CT molecular complexity index is 681. The van der Waals surface area contributed by atoms with E-state index in [1.165, 1.54) is 12.1 Å². The number of nitrogens with one attached hydrogen (secondary N) is 1. The fraction of sp³-hybridized carbons (Fsp3) is 0.188. The van der Waals surface area contributed by atoms with Gasteiger partial charge in [-0.15, -0.1) is 0 Å². The standard InChI is InChI=1S/C16H16N2O4S/c17-16(21)12-2-4-13(5-3-12)18-14(19)9-22-15(20)6-1-11-7-8-23-10-11/h2-5,7-8,10H,1,6,9H2,(H2,17,21)(H,18,19). The Balaban J connectivity index is 1.71. The van der Waals surface area contributed by atoms with Crippen molar-refractivity contribution in [2.45, 2.75) is 12.8 Å². The number of rotatable bonds is 7. The Morgan fingerprint density at radius 2 is 1.87 bits per heavy atom. The first-order valence-corrected chi connectivity index (χ1v) is 7.85. The zero-order valence-electron chi connectivity index (χ0n) is 12.3. The molecular formula is C16H16N2O4S. The fourth-order valence-electron chi connectivity index (χ4n) is 1.81. The van der Waals surface area contributed by atoms with Crippen molar-refractivity contribution in [3.8, 4) is 0 Å². The SMILES string of the molecule is NC(=O)c1ccc(NC(=O)COC(=O)CCc2ccsc2)cc1. The number of esters is 1. The fourth-order valence-corrected chi connectivity index (χ4v) is 2.52. The van der Waals surface area contributed by atoms with Crippen LogP contribution in [0.2, 0.25) is 0 Å². The van der Waals surface area contributed by atoms with Crippen molar-refractivity contribution >= 4 is 34.8 Å². The summed E-state index contributed by atoms with van der Waals surface area (Å²) in [6.45, 7) is -0.347. The third-order valence-electron chi connectivity index (χ3n) is 3.02. The highest BCUT2D eigenvalue weighted by molar-refractivity contribution is 7.07. The average molecular weight is 332 g/mol. The zero-order valence-corrected chi connectivity index (χ0v) is 13.1. The molecule has 1 heterocycles. The minimum atomic E-state index is -0.539. The second kappa shape index (κ2) is 8.09. The van der Waals surface area contributed by atoms with Crippen molar-refractivity contribution < 1.29 is 19.1 Å². The van der Waals surface area contributed by atoms with E-state index >= 15 is 0 Å². The van der Waals surface area contributed by atoms with Crippen molar-refractivity contribution in [1.29, 1.82) is 0 Å². The lowest BCUT2D eigenvalue weighted by Gasteiger charge is -2.07. The maximum atomic E-state index is 11.7. The summed E-state index contributed by atoms with van der Waals surface area (Å²) in [5, 5.41) is 6.48. The van der Waals surface area contributed by atoms with Gasteiger partial charge in [-0.05, 0) is 53.1 Å². The Morgan fingerprint density at radius 1 is 1.13 bits per heavy atom. The largest absolute Gasteiger partial charge is 0.456 e. The summed E-state index contributed by atoms with van der Waals surface area (Å²) in [6, 6.07) is 8.06. The van der Waals surface area contributed by atoms with Crippen molar-refractivity contribution in [1.82, 2.24) is 0 Å². The number of hydrogen-bond acceptors (Lipinski definition) is 5. The maximum Gasteiger partial charge on any atom is 0.306 e. The zero-order chi connectivity index (χ0) is 16.7. The number of ether oxygens (including phenoxy) is 1. The molecule has 0 atom stereocenters. The van der Waals surface area contributed by atoms with E-state index in [-0.39, 0.29) is 13.0 Å². The Labute approximate surface area is 137 Å². The topological polar surface area (TPSA) is 98.5 Å². The molecule has 7 heteroatoms. The van der Waals surface area contributed by atoms with Gasteiger partial charge in [0.1, 0.15) is 0 Å². The van der Waals surface area contributed by atoms with Gasteiger partial charge in [0.2, 0.25) is 5.91 Å². The third kappa shape index (κ3) is 5.55. The van der Waals surface area contributed by atoms with Crippen LogP contribution in [0, 0.1) is 0 Å². The molecule has 120 valence electrons. The van der Waals surface area contributed by atoms with Gasteiger partial charge in [0, 0.05) is 17.7 Å². The molecule has 23 heavy (non-hydrogen) atoms. The van der Waals surface area contributed by atoms with Gasteiger partial charge < -0.3 is 15.8 Å². The molecule has 2 amide bonds. The van der Waals surface area contributed by atoms with Gasteiger partial charge in [-0.2, -0.15) is 11.3 Å².